The minimum Gasteiger partial charge on any atom is -0.394 e. The van der Waals surface area contributed by atoms with E-state index in [1.54, 1.807) is 6.07 Å². The number of aryl methyl sites for hydroxylation is 1. The van der Waals surface area contributed by atoms with Gasteiger partial charge in [-0.15, -0.1) is 11.3 Å². The van der Waals surface area contributed by atoms with Crippen molar-refractivity contribution < 1.29 is 10.2 Å². The summed E-state index contributed by atoms with van der Waals surface area (Å²) in [6, 6.07) is 3.63. The molecule has 0 aliphatic carbocycles. The van der Waals surface area contributed by atoms with Crippen molar-refractivity contribution >= 4 is 22.9 Å². The maximum absolute atomic E-state index is 10.1. The highest BCUT2D eigenvalue weighted by Gasteiger charge is 2.13. The van der Waals surface area contributed by atoms with Crippen molar-refractivity contribution in [2.75, 3.05) is 13.2 Å². The first-order valence-electron chi connectivity index (χ1n) is 6.80. The summed E-state index contributed by atoms with van der Waals surface area (Å²) in [4.78, 5) is 0.858. The number of aromatic nitrogens is 2. The summed E-state index contributed by atoms with van der Waals surface area (Å²) in [7, 11) is 0. The van der Waals surface area contributed by atoms with Gasteiger partial charge < -0.3 is 15.5 Å². The largest absolute Gasteiger partial charge is 0.394 e. The molecule has 21 heavy (non-hydrogen) atoms. The van der Waals surface area contributed by atoms with Crippen LogP contribution < -0.4 is 5.32 Å². The molecule has 0 aromatic carbocycles. The average molecular weight is 330 g/mol. The molecule has 0 aliphatic heterocycles. The highest BCUT2D eigenvalue weighted by Crippen LogP contribution is 2.26. The standard InChI is InChI=1S/C14H20ClN3O2S/c1-9-11(10(2)18(17-9)5-6-19)7-16-8-12(20)13-3-4-14(15)21-13/h3-4,12,16,19-20H,5-8H2,1-2H3. The molecule has 2 heterocycles. The van der Waals surface area contributed by atoms with Crippen LogP contribution in [0.2, 0.25) is 4.34 Å². The van der Waals surface area contributed by atoms with E-state index in [0.29, 0.717) is 24.0 Å². The lowest BCUT2D eigenvalue weighted by Gasteiger charge is -2.10. The molecule has 0 saturated carbocycles. The molecule has 7 heteroatoms. The number of hydrogen-bond acceptors (Lipinski definition) is 5. The lowest BCUT2D eigenvalue weighted by Crippen LogP contribution is -2.21. The molecular formula is C14H20ClN3O2S. The zero-order valence-electron chi connectivity index (χ0n) is 12.1. The van der Waals surface area contributed by atoms with Crippen molar-refractivity contribution in [2.24, 2.45) is 0 Å². The Labute approximate surface area is 133 Å². The highest BCUT2D eigenvalue weighted by molar-refractivity contribution is 7.16. The van der Waals surface area contributed by atoms with E-state index < -0.39 is 6.10 Å². The smallest absolute Gasteiger partial charge is 0.101 e. The van der Waals surface area contributed by atoms with Crippen LogP contribution in [0.3, 0.4) is 0 Å². The van der Waals surface area contributed by atoms with E-state index in [2.05, 4.69) is 10.4 Å². The lowest BCUT2D eigenvalue weighted by molar-refractivity contribution is 0.178. The first-order valence-corrected chi connectivity index (χ1v) is 8.00. The van der Waals surface area contributed by atoms with Gasteiger partial charge in [-0.05, 0) is 26.0 Å². The summed E-state index contributed by atoms with van der Waals surface area (Å²) in [6.45, 7) is 5.62. The molecule has 5 nitrogen and oxygen atoms in total. The zero-order chi connectivity index (χ0) is 15.4. The third-order valence-corrected chi connectivity index (χ3v) is 4.74. The molecule has 2 rings (SSSR count). The lowest BCUT2D eigenvalue weighted by atomic mass is 10.2. The molecule has 0 fully saturated rings. The summed E-state index contributed by atoms with van der Waals surface area (Å²) in [6.07, 6.45) is -0.560. The Hall–Kier alpha value is -0.920. The SMILES string of the molecule is Cc1nn(CCO)c(C)c1CNCC(O)c1ccc(Cl)s1. The molecule has 2 aromatic heterocycles. The number of hydrogen-bond donors (Lipinski definition) is 3. The molecule has 0 saturated heterocycles. The molecule has 1 atom stereocenters. The normalized spacial score (nSPS) is 12.8. The summed E-state index contributed by atoms with van der Waals surface area (Å²) in [5.41, 5.74) is 3.10. The van der Waals surface area contributed by atoms with Crippen LogP contribution in [0, 0.1) is 13.8 Å². The number of nitrogens with zero attached hydrogens (tertiary/aromatic N) is 2. The fourth-order valence-corrected chi connectivity index (χ4v) is 3.29. The topological polar surface area (TPSA) is 70.3 Å². The zero-order valence-corrected chi connectivity index (χ0v) is 13.7. The van der Waals surface area contributed by atoms with Crippen LogP contribution in [-0.2, 0) is 13.1 Å². The predicted molar refractivity (Wildman–Crippen MR) is 84.8 cm³/mol. The van der Waals surface area contributed by atoms with E-state index in [9.17, 15) is 5.11 Å². The van der Waals surface area contributed by atoms with Gasteiger partial charge in [0.2, 0.25) is 0 Å². The van der Waals surface area contributed by atoms with Gasteiger partial charge in [-0.3, -0.25) is 4.68 Å². The van der Waals surface area contributed by atoms with Gasteiger partial charge in [0.25, 0.3) is 0 Å². The molecule has 2 aromatic rings. The summed E-state index contributed by atoms with van der Waals surface area (Å²) in [5, 5.41) is 26.7. The molecule has 0 bridgehead atoms. The van der Waals surface area contributed by atoms with Crippen LogP contribution in [-0.4, -0.2) is 33.1 Å². The molecule has 0 spiro atoms. The van der Waals surface area contributed by atoms with E-state index >= 15 is 0 Å². The first-order chi connectivity index (χ1) is 10.0. The second-order valence-corrected chi connectivity index (χ2v) is 6.63. The molecule has 0 amide bonds. The number of aliphatic hydroxyl groups is 2. The summed E-state index contributed by atoms with van der Waals surface area (Å²) < 4.78 is 2.49. The fraction of sp³-hybridized carbons (Fsp3) is 0.500. The van der Waals surface area contributed by atoms with Crippen molar-refractivity contribution in [3.63, 3.8) is 0 Å². The minimum atomic E-state index is -0.560. The van der Waals surface area contributed by atoms with Crippen molar-refractivity contribution in [1.82, 2.24) is 15.1 Å². The van der Waals surface area contributed by atoms with Gasteiger partial charge in [-0.2, -0.15) is 5.10 Å². The van der Waals surface area contributed by atoms with Crippen LogP contribution >= 0.6 is 22.9 Å². The van der Waals surface area contributed by atoms with E-state index in [4.69, 9.17) is 16.7 Å². The van der Waals surface area contributed by atoms with E-state index in [1.165, 1.54) is 11.3 Å². The average Bonchev–Trinajstić information content (AvgIpc) is 2.98. The van der Waals surface area contributed by atoms with Gasteiger partial charge in [-0.1, -0.05) is 11.6 Å². The van der Waals surface area contributed by atoms with Crippen LogP contribution in [0.1, 0.15) is 27.9 Å². The van der Waals surface area contributed by atoms with Crippen LogP contribution in [0.25, 0.3) is 0 Å². The monoisotopic (exact) mass is 329 g/mol. The molecule has 116 valence electrons. The van der Waals surface area contributed by atoms with Crippen LogP contribution in [0.5, 0.6) is 0 Å². The van der Waals surface area contributed by atoms with Gasteiger partial charge in [0.05, 0.1) is 23.2 Å². The number of aliphatic hydroxyl groups excluding tert-OH is 2. The Morgan fingerprint density at radius 2 is 2.19 bits per heavy atom. The second kappa shape index (κ2) is 7.38. The summed E-state index contributed by atoms with van der Waals surface area (Å²) >= 11 is 7.25. The maximum Gasteiger partial charge on any atom is 0.101 e. The molecular weight excluding hydrogens is 310 g/mol. The maximum atomic E-state index is 10.1. The molecule has 0 radical (unpaired) electrons. The van der Waals surface area contributed by atoms with Crippen molar-refractivity contribution in [3.05, 3.63) is 38.3 Å². The van der Waals surface area contributed by atoms with E-state index in [-0.39, 0.29) is 6.61 Å². The van der Waals surface area contributed by atoms with Crippen molar-refractivity contribution in [2.45, 2.75) is 33.0 Å². The quantitative estimate of drug-likeness (QED) is 0.727. The van der Waals surface area contributed by atoms with Crippen LogP contribution in [0.4, 0.5) is 0 Å². The van der Waals surface area contributed by atoms with Crippen LogP contribution in [0.15, 0.2) is 12.1 Å². The Balaban J connectivity index is 1.91. The summed E-state index contributed by atoms with van der Waals surface area (Å²) in [5.74, 6) is 0. The Kier molecular flexibility index (Phi) is 5.78. The highest BCUT2D eigenvalue weighted by atomic mass is 35.5. The fourth-order valence-electron chi connectivity index (χ4n) is 2.24. The minimum absolute atomic E-state index is 0.0761. The first kappa shape index (κ1) is 16.5. The van der Waals surface area contributed by atoms with Crippen molar-refractivity contribution in [1.29, 1.82) is 0 Å². The Bertz CT molecular complexity index is 597. The van der Waals surface area contributed by atoms with E-state index in [1.807, 2.05) is 24.6 Å². The number of thiophene rings is 1. The third kappa shape index (κ3) is 4.05. The number of nitrogens with one attached hydrogen (secondary N) is 1. The van der Waals surface area contributed by atoms with Gasteiger partial charge in [0, 0.05) is 29.2 Å². The molecule has 1 unspecified atom stereocenters. The third-order valence-electron chi connectivity index (χ3n) is 3.41. The van der Waals surface area contributed by atoms with Gasteiger partial charge >= 0.3 is 0 Å². The molecule has 0 aliphatic rings. The molecule has 3 N–H and O–H groups in total. The number of rotatable bonds is 7. The Morgan fingerprint density at radius 1 is 1.43 bits per heavy atom. The van der Waals surface area contributed by atoms with Crippen molar-refractivity contribution in [3.8, 4) is 0 Å². The van der Waals surface area contributed by atoms with Gasteiger partial charge in [0.15, 0.2) is 0 Å². The van der Waals surface area contributed by atoms with Gasteiger partial charge in [-0.25, -0.2) is 0 Å². The van der Waals surface area contributed by atoms with E-state index in [0.717, 1.165) is 21.8 Å². The second-order valence-electron chi connectivity index (χ2n) is 4.88. The van der Waals surface area contributed by atoms with Gasteiger partial charge in [0.1, 0.15) is 6.10 Å². The predicted octanol–water partition coefficient (Wildman–Crippen LogP) is 2.03. The Morgan fingerprint density at radius 3 is 2.81 bits per heavy atom. The number of halogens is 1.